The van der Waals surface area contributed by atoms with E-state index in [4.69, 9.17) is 0 Å². The summed E-state index contributed by atoms with van der Waals surface area (Å²) in [4.78, 5) is 12.4. The molecule has 2 unspecified atom stereocenters. The minimum atomic E-state index is -4.37. The molecular formula is C16H20ClF3N4O. The third-order valence-corrected chi connectivity index (χ3v) is 3.71. The highest BCUT2D eigenvalue weighted by Crippen LogP contribution is 2.30. The summed E-state index contributed by atoms with van der Waals surface area (Å²) in [6, 6.07) is 3.74. The standard InChI is InChI=1S/C16H19F3N4O.ClH/c1-10(11-4-6-13(7-5-11)16(17,18)19)22-15(24)14(20-2)12-8-21-23(3)9-12;/h4-10,14,20H,1-3H3,(H,22,24);1H. The van der Waals surface area contributed by atoms with Crippen molar-refractivity contribution >= 4 is 18.3 Å². The molecule has 5 nitrogen and oxygen atoms in total. The van der Waals surface area contributed by atoms with Crippen LogP contribution in [0.1, 0.15) is 35.7 Å². The van der Waals surface area contributed by atoms with Gasteiger partial charge in [0.15, 0.2) is 0 Å². The van der Waals surface area contributed by atoms with Crippen LogP contribution in [0.25, 0.3) is 0 Å². The lowest BCUT2D eigenvalue weighted by Crippen LogP contribution is -2.37. The van der Waals surface area contributed by atoms with Crippen LogP contribution in [0.4, 0.5) is 13.2 Å². The van der Waals surface area contributed by atoms with E-state index in [1.54, 1.807) is 38.1 Å². The van der Waals surface area contributed by atoms with Gasteiger partial charge >= 0.3 is 6.18 Å². The van der Waals surface area contributed by atoms with Crippen molar-refractivity contribution < 1.29 is 18.0 Å². The van der Waals surface area contributed by atoms with E-state index in [-0.39, 0.29) is 18.3 Å². The number of benzene rings is 1. The highest BCUT2D eigenvalue weighted by atomic mass is 35.5. The number of carbonyl (C=O) groups excluding carboxylic acids is 1. The van der Waals surface area contributed by atoms with E-state index in [1.165, 1.54) is 12.1 Å². The second kappa shape index (κ2) is 8.35. The normalized spacial score (nSPS) is 13.7. The Morgan fingerprint density at radius 1 is 1.20 bits per heavy atom. The first-order valence-electron chi connectivity index (χ1n) is 7.35. The van der Waals surface area contributed by atoms with Gasteiger partial charge in [0.2, 0.25) is 5.91 Å². The number of aryl methyl sites for hydroxylation is 1. The first kappa shape index (κ1) is 21.0. The smallest absolute Gasteiger partial charge is 0.348 e. The Bertz CT molecular complexity index is 700. The molecule has 0 spiro atoms. The minimum Gasteiger partial charge on any atom is -0.348 e. The zero-order valence-electron chi connectivity index (χ0n) is 14.0. The van der Waals surface area contributed by atoms with Crippen LogP contribution in [0.2, 0.25) is 0 Å². The largest absolute Gasteiger partial charge is 0.416 e. The zero-order valence-corrected chi connectivity index (χ0v) is 14.8. The van der Waals surface area contributed by atoms with Crippen LogP contribution in [0.5, 0.6) is 0 Å². The Kier molecular flexibility index (Phi) is 7.01. The molecule has 0 aliphatic carbocycles. The molecule has 0 saturated carbocycles. The summed E-state index contributed by atoms with van der Waals surface area (Å²) in [7, 11) is 3.40. The van der Waals surface area contributed by atoms with E-state index in [0.29, 0.717) is 11.1 Å². The zero-order chi connectivity index (χ0) is 17.9. The molecule has 1 aromatic heterocycles. The number of hydrogen-bond acceptors (Lipinski definition) is 3. The molecule has 1 amide bonds. The fourth-order valence-corrected chi connectivity index (χ4v) is 2.38. The SMILES string of the molecule is CNC(C(=O)NC(C)c1ccc(C(F)(F)F)cc1)c1cnn(C)c1.Cl. The molecule has 2 aromatic rings. The molecule has 2 N–H and O–H groups in total. The summed E-state index contributed by atoms with van der Waals surface area (Å²) < 4.78 is 39.3. The third kappa shape index (κ3) is 5.20. The number of likely N-dealkylation sites (N-methyl/N-ethyl adjacent to an activating group) is 1. The predicted octanol–water partition coefficient (Wildman–Crippen LogP) is 3.00. The van der Waals surface area contributed by atoms with Gasteiger partial charge in [-0.1, -0.05) is 12.1 Å². The first-order chi connectivity index (χ1) is 11.2. The number of halogens is 4. The molecule has 0 aliphatic rings. The lowest BCUT2D eigenvalue weighted by Gasteiger charge is -2.20. The van der Waals surface area contributed by atoms with Gasteiger partial charge in [-0.3, -0.25) is 9.48 Å². The van der Waals surface area contributed by atoms with Gasteiger partial charge in [0.25, 0.3) is 0 Å². The minimum absolute atomic E-state index is 0. The number of rotatable bonds is 5. The highest BCUT2D eigenvalue weighted by molar-refractivity contribution is 5.85. The molecule has 0 radical (unpaired) electrons. The van der Waals surface area contributed by atoms with Crippen molar-refractivity contribution in [1.29, 1.82) is 0 Å². The summed E-state index contributed by atoms with van der Waals surface area (Å²) >= 11 is 0. The van der Waals surface area contributed by atoms with Gasteiger partial charge in [0.1, 0.15) is 6.04 Å². The number of carbonyl (C=O) groups is 1. The Morgan fingerprint density at radius 2 is 1.80 bits per heavy atom. The van der Waals surface area contributed by atoms with Crippen LogP contribution in [0.3, 0.4) is 0 Å². The quantitative estimate of drug-likeness (QED) is 0.843. The van der Waals surface area contributed by atoms with Gasteiger partial charge in [-0.2, -0.15) is 18.3 Å². The maximum Gasteiger partial charge on any atom is 0.416 e. The maximum atomic E-state index is 12.6. The number of aromatic nitrogens is 2. The van der Waals surface area contributed by atoms with E-state index in [2.05, 4.69) is 15.7 Å². The molecule has 0 saturated heterocycles. The summed E-state index contributed by atoms with van der Waals surface area (Å²) in [5, 5.41) is 9.72. The Labute approximate surface area is 150 Å². The lowest BCUT2D eigenvalue weighted by atomic mass is 10.0. The van der Waals surface area contributed by atoms with Crippen LogP contribution in [0.15, 0.2) is 36.7 Å². The van der Waals surface area contributed by atoms with Crippen molar-refractivity contribution in [1.82, 2.24) is 20.4 Å². The van der Waals surface area contributed by atoms with Crippen molar-refractivity contribution in [2.45, 2.75) is 25.2 Å². The number of hydrogen-bond donors (Lipinski definition) is 2. The molecular weight excluding hydrogens is 357 g/mol. The summed E-state index contributed by atoms with van der Waals surface area (Å²) in [6.45, 7) is 1.72. The van der Waals surface area contributed by atoms with Gasteiger partial charge in [-0.05, 0) is 31.7 Å². The molecule has 25 heavy (non-hydrogen) atoms. The molecule has 2 rings (SSSR count). The second-order valence-corrected chi connectivity index (χ2v) is 5.52. The lowest BCUT2D eigenvalue weighted by molar-refractivity contribution is -0.137. The van der Waals surface area contributed by atoms with Crippen LogP contribution >= 0.6 is 12.4 Å². The second-order valence-electron chi connectivity index (χ2n) is 5.52. The molecule has 0 fully saturated rings. The number of amides is 1. The van der Waals surface area contributed by atoms with Crippen molar-refractivity contribution in [3.05, 3.63) is 53.3 Å². The van der Waals surface area contributed by atoms with Crippen molar-refractivity contribution in [3.63, 3.8) is 0 Å². The van der Waals surface area contributed by atoms with Gasteiger partial charge < -0.3 is 10.6 Å². The first-order valence-corrected chi connectivity index (χ1v) is 7.35. The Hall–Kier alpha value is -2.06. The van der Waals surface area contributed by atoms with Crippen molar-refractivity contribution in [2.24, 2.45) is 7.05 Å². The van der Waals surface area contributed by atoms with Crippen LogP contribution < -0.4 is 10.6 Å². The fraction of sp³-hybridized carbons (Fsp3) is 0.375. The predicted molar refractivity (Wildman–Crippen MR) is 90.3 cm³/mol. The maximum absolute atomic E-state index is 12.6. The van der Waals surface area contributed by atoms with E-state index in [9.17, 15) is 18.0 Å². The van der Waals surface area contributed by atoms with Gasteiger partial charge in [-0.15, -0.1) is 12.4 Å². The summed E-state index contributed by atoms with van der Waals surface area (Å²) in [6.07, 6.45) is -1.06. The van der Waals surface area contributed by atoms with Crippen LogP contribution in [-0.4, -0.2) is 22.7 Å². The molecule has 1 heterocycles. The van der Waals surface area contributed by atoms with Crippen LogP contribution in [-0.2, 0) is 18.0 Å². The van der Waals surface area contributed by atoms with Crippen LogP contribution in [0, 0.1) is 0 Å². The summed E-state index contributed by atoms with van der Waals surface area (Å²) in [5.74, 6) is -0.280. The Morgan fingerprint density at radius 3 is 2.24 bits per heavy atom. The number of nitrogens with one attached hydrogen (secondary N) is 2. The molecule has 9 heteroatoms. The Balaban J connectivity index is 0.00000312. The van der Waals surface area contributed by atoms with E-state index >= 15 is 0 Å². The van der Waals surface area contributed by atoms with E-state index in [1.807, 2.05) is 0 Å². The monoisotopic (exact) mass is 376 g/mol. The molecule has 138 valence electrons. The average Bonchev–Trinajstić information content (AvgIpc) is 2.93. The van der Waals surface area contributed by atoms with Crippen molar-refractivity contribution in [2.75, 3.05) is 7.05 Å². The molecule has 1 aromatic carbocycles. The van der Waals surface area contributed by atoms with Gasteiger partial charge in [0.05, 0.1) is 17.8 Å². The van der Waals surface area contributed by atoms with Crippen molar-refractivity contribution in [3.8, 4) is 0 Å². The van der Waals surface area contributed by atoms with E-state index in [0.717, 1.165) is 12.1 Å². The summed E-state index contributed by atoms with van der Waals surface area (Å²) in [5.41, 5.74) is 0.586. The van der Waals surface area contributed by atoms with Gasteiger partial charge in [-0.25, -0.2) is 0 Å². The van der Waals surface area contributed by atoms with Gasteiger partial charge in [0, 0.05) is 18.8 Å². The molecule has 0 aliphatic heterocycles. The highest BCUT2D eigenvalue weighted by Gasteiger charge is 2.30. The molecule has 2 atom stereocenters. The number of alkyl halides is 3. The van der Waals surface area contributed by atoms with E-state index < -0.39 is 23.8 Å². The number of nitrogens with zero attached hydrogens (tertiary/aromatic N) is 2. The third-order valence-electron chi connectivity index (χ3n) is 3.71. The fourth-order valence-electron chi connectivity index (χ4n) is 2.38. The molecule has 0 bridgehead atoms. The average molecular weight is 377 g/mol. The topological polar surface area (TPSA) is 59.0 Å².